The van der Waals surface area contributed by atoms with Crippen molar-refractivity contribution in [3.8, 4) is 0 Å². The Balaban J connectivity index is 1.72. The lowest BCUT2D eigenvalue weighted by atomic mass is 9.74. The second-order valence-electron chi connectivity index (χ2n) is 7.70. The zero-order valence-corrected chi connectivity index (χ0v) is 16.9. The molecule has 0 aliphatic carbocycles. The fourth-order valence-electron chi connectivity index (χ4n) is 4.03. The van der Waals surface area contributed by atoms with Crippen LogP contribution < -0.4 is 10.6 Å². The Morgan fingerprint density at radius 3 is 1.90 bits per heavy atom. The van der Waals surface area contributed by atoms with Gasteiger partial charge in [0.05, 0.1) is 18.7 Å². The van der Waals surface area contributed by atoms with Gasteiger partial charge in [-0.2, -0.15) is 0 Å². The minimum Gasteiger partial charge on any atom is -0.465 e. The minimum atomic E-state index is -0.905. The van der Waals surface area contributed by atoms with Crippen LogP contribution in [0.15, 0.2) is 84.9 Å². The van der Waals surface area contributed by atoms with Crippen molar-refractivity contribution in [3.05, 3.63) is 102 Å². The van der Waals surface area contributed by atoms with Crippen molar-refractivity contribution in [2.45, 2.75) is 17.6 Å². The average Bonchev–Trinajstić information content (AvgIpc) is 2.78. The van der Waals surface area contributed by atoms with Gasteiger partial charge in [0.25, 0.3) is 0 Å². The molecule has 1 fully saturated rings. The Hall–Kier alpha value is -3.15. The monoisotopic (exact) mass is 402 g/mol. The second-order valence-corrected chi connectivity index (χ2v) is 7.70. The van der Waals surface area contributed by atoms with Crippen molar-refractivity contribution in [2.24, 2.45) is 0 Å². The smallest absolute Gasteiger partial charge is 0.337 e. The van der Waals surface area contributed by atoms with E-state index in [0.717, 1.165) is 16.8 Å². The molecule has 0 radical (unpaired) electrons. The van der Waals surface area contributed by atoms with Gasteiger partial charge >= 0.3 is 5.97 Å². The van der Waals surface area contributed by atoms with Gasteiger partial charge in [-0.25, -0.2) is 4.79 Å². The predicted molar refractivity (Wildman–Crippen MR) is 118 cm³/mol. The molecule has 5 heteroatoms. The van der Waals surface area contributed by atoms with Gasteiger partial charge < -0.3 is 20.5 Å². The topological polar surface area (TPSA) is 70.6 Å². The fourth-order valence-corrected chi connectivity index (χ4v) is 4.03. The Bertz CT molecular complexity index is 931. The van der Waals surface area contributed by atoms with Crippen LogP contribution in [-0.4, -0.2) is 42.9 Å². The molecule has 5 nitrogen and oxygen atoms in total. The summed E-state index contributed by atoms with van der Waals surface area (Å²) in [6.07, 6.45) is 0. The van der Waals surface area contributed by atoms with Gasteiger partial charge in [0, 0.05) is 24.7 Å². The van der Waals surface area contributed by atoms with E-state index in [0.29, 0.717) is 18.7 Å². The zero-order valence-electron chi connectivity index (χ0n) is 16.9. The summed E-state index contributed by atoms with van der Waals surface area (Å²) in [5.41, 5.74) is 2.69. The van der Waals surface area contributed by atoms with Crippen LogP contribution in [0.1, 0.15) is 27.4 Å². The number of esters is 1. The van der Waals surface area contributed by atoms with Gasteiger partial charge in [-0.15, -0.1) is 0 Å². The molecule has 1 saturated heterocycles. The number of rotatable bonds is 7. The van der Waals surface area contributed by atoms with Gasteiger partial charge in [-0.05, 0) is 35.4 Å². The molecular formula is C25H26N2O3. The third kappa shape index (κ3) is 4.08. The maximum Gasteiger partial charge on any atom is 0.337 e. The molecule has 154 valence electrons. The first-order chi connectivity index (χ1) is 14.6. The van der Waals surface area contributed by atoms with Crippen LogP contribution in [-0.2, 0) is 4.74 Å². The Morgan fingerprint density at radius 2 is 1.47 bits per heavy atom. The Morgan fingerprint density at radius 1 is 0.933 bits per heavy atom. The molecule has 0 aromatic heterocycles. The summed E-state index contributed by atoms with van der Waals surface area (Å²) in [6.45, 7) is 1.03. The number of carbonyl (C=O) groups is 1. The number of ether oxygens (including phenoxy) is 1. The summed E-state index contributed by atoms with van der Waals surface area (Å²) in [6, 6.07) is 27.4. The van der Waals surface area contributed by atoms with Crippen LogP contribution in [0.4, 0.5) is 5.69 Å². The molecule has 3 aromatic carbocycles. The lowest BCUT2D eigenvalue weighted by Gasteiger charge is -2.47. The Kier molecular flexibility index (Phi) is 5.84. The van der Waals surface area contributed by atoms with Crippen molar-refractivity contribution >= 4 is 11.7 Å². The molecule has 0 spiro atoms. The highest BCUT2D eigenvalue weighted by molar-refractivity contribution is 5.89. The summed E-state index contributed by atoms with van der Waals surface area (Å²) >= 11 is 0. The number of anilines is 1. The highest BCUT2D eigenvalue weighted by Gasteiger charge is 2.47. The number of aliphatic hydroxyl groups is 1. The first-order valence-corrected chi connectivity index (χ1v) is 10.1. The lowest BCUT2D eigenvalue weighted by Crippen LogP contribution is -2.69. The van der Waals surface area contributed by atoms with Crippen molar-refractivity contribution in [3.63, 3.8) is 0 Å². The summed E-state index contributed by atoms with van der Waals surface area (Å²) in [5.74, 6) is -0.425. The van der Waals surface area contributed by atoms with E-state index < -0.39 is 5.60 Å². The molecule has 1 heterocycles. The van der Waals surface area contributed by atoms with Crippen molar-refractivity contribution < 1.29 is 14.6 Å². The molecule has 4 rings (SSSR count). The maximum atomic E-state index is 11.7. The standard InChI is InChI=1S/C25H26N2O3/c1-30-24(28)20-12-14-21(15-13-20)27-23(25(29)16-26-17-25)22(18-8-4-2-5-9-18)19-10-6-3-7-11-19/h2-15,22-23,26-27,29H,16-17H2,1H3. The second kappa shape index (κ2) is 8.69. The molecular weight excluding hydrogens is 376 g/mol. The molecule has 1 aliphatic heterocycles. The predicted octanol–water partition coefficient (Wildman–Crippen LogP) is 3.42. The normalized spacial score (nSPS) is 15.8. The Labute approximate surface area is 176 Å². The first kappa shape index (κ1) is 20.1. The number of β-amino-alcohol motifs (C(OH)–C–C–N with tert-alkyl or cyclic N) is 1. The summed E-state index contributed by atoms with van der Waals surface area (Å²) in [4.78, 5) is 11.7. The highest BCUT2D eigenvalue weighted by atomic mass is 16.5. The van der Waals surface area contributed by atoms with Crippen LogP contribution in [0.2, 0.25) is 0 Å². The van der Waals surface area contributed by atoms with Crippen LogP contribution in [0.3, 0.4) is 0 Å². The lowest BCUT2D eigenvalue weighted by molar-refractivity contribution is -0.0303. The van der Waals surface area contributed by atoms with E-state index in [1.54, 1.807) is 12.1 Å². The van der Waals surface area contributed by atoms with Crippen LogP contribution in [0, 0.1) is 0 Å². The number of hydrogen-bond acceptors (Lipinski definition) is 5. The highest BCUT2D eigenvalue weighted by Crippen LogP contribution is 2.37. The molecule has 3 aromatic rings. The van der Waals surface area contributed by atoms with Gasteiger partial charge in [0.2, 0.25) is 0 Å². The van der Waals surface area contributed by atoms with E-state index in [4.69, 9.17) is 4.74 Å². The molecule has 0 amide bonds. The number of hydrogen-bond donors (Lipinski definition) is 3. The van der Waals surface area contributed by atoms with Gasteiger partial charge in [0.1, 0.15) is 5.60 Å². The quantitative estimate of drug-likeness (QED) is 0.528. The zero-order chi connectivity index (χ0) is 21.0. The molecule has 1 atom stereocenters. The van der Waals surface area contributed by atoms with Crippen molar-refractivity contribution in [2.75, 3.05) is 25.5 Å². The summed E-state index contributed by atoms with van der Waals surface area (Å²) < 4.78 is 4.78. The van der Waals surface area contributed by atoms with Crippen molar-refractivity contribution in [1.29, 1.82) is 0 Å². The van der Waals surface area contributed by atoms with Crippen molar-refractivity contribution in [1.82, 2.24) is 5.32 Å². The fraction of sp³-hybridized carbons (Fsp3) is 0.240. The van der Waals surface area contributed by atoms with E-state index in [-0.39, 0.29) is 17.9 Å². The van der Waals surface area contributed by atoms with Crippen LogP contribution >= 0.6 is 0 Å². The number of benzene rings is 3. The van der Waals surface area contributed by atoms with Gasteiger partial charge in [-0.1, -0.05) is 60.7 Å². The van der Waals surface area contributed by atoms with E-state index in [1.807, 2.05) is 48.5 Å². The third-order valence-electron chi connectivity index (χ3n) is 5.72. The number of methoxy groups -OCH3 is 1. The van der Waals surface area contributed by atoms with Gasteiger partial charge in [-0.3, -0.25) is 0 Å². The molecule has 1 aliphatic rings. The van der Waals surface area contributed by atoms with Crippen LogP contribution in [0.5, 0.6) is 0 Å². The van der Waals surface area contributed by atoms with E-state index >= 15 is 0 Å². The largest absolute Gasteiger partial charge is 0.465 e. The molecule has 30 heavy (non-hydrogen) atoms. The number of carbonyl (C=O) groups excluding carboxylic acids is 1. The maximum absolute atomic E-state index is 11.7. The van der Waals surface area contributed by atoms with E-state index in [9.17, 15) is 9.90 Å². The summed E-state index contributed by atoms with van der Waals surface area (Å²) in [7, 11) is 1.37. The average molecular weight is 402 g/mol. The number of nitrogens with one attached hydrogen (secondary N) is 2. The molecule has 0 saturated carbocycles. The van der Waals surface area contributed by atoms with E-state index in [2.05, 4.69) is 34.9 Å². The molecule has 0 bridgehead atoms. The summed E-state index contributed by atoms with van der Waals surface area (Å²) in [5, 5.41) is 18.2. The minimum absolute atomic E-state index is 0.0558. The molecule has 3 N–H and O–H groups in total. The third-order valence-corrected chi connectivity index (χ3v) is 5.72. The van der Waals surface area contributed by atoms with Crippen LogP contribution in [0.25, 0.3) is 0 Å². The SMILES string of the molecule is COC(=O)c1ccc(NC(C(c2ccccc2)c2ccccc2)C2(O)CNC2)cc1. The van der Waals surface area contributed by atoms with E-state index in [1.165, 1.54) is 7.11 Å². The van der Waals surface area contributed by atoms with Gasteiger partial charge in [0.15, 0.2) is 0 Å². The first-order valence-electron chi connectivity index (χ1n) is 10.1. The molecule has 1 unspecified atom stereocenters.